The molecule has 164 valence electrons. The zero-order valence-electron chi connectivity index (χ0n) is 18.3. The number of hydrogen-bond acceptors (Lipinski definition) is 5. The molecule has 1 rings (SSSR count). The van der Waals surface area contributed by atoms with Gasteiger partial charge in [0.15, 0.2) is 0 Å². The number of nitrogens with zero attached hydrogens (tertiary/aromatic N) is 1. The van der Waals surface area contributed by atoms with Crippen LogP contribution in [-0.2, 0) is 16.0 Å². The van der Waals surface area contributed by atoms with Crippen molar-refractivity contribution in [1.29, 1.82) is 0 Å². The normalized spacial score (nSPS) is 11.9. The van der Waals surface area contributed by atoms with E-state index in [9.17, 15) is 9.59 Å². The Morgan fingerprint density at radius 3 is 1.83 bits per heavy atom. The molecule has 8 heteroatoms. The zero-order chi connectivity index (χ0) is 22.1. The Morgan fingerprint density at radius 2 is 1.41 bits per heavy atom. The number of alkyl carbamates (subject to hydrolysis) is 2. The van der Waals surface area contributed by atoms with Gasteiger partial charge in [-0.1, -0.05) is 28.1 Å². The highest BCUT2D eigenvalue weighted by molar-refractivity contribution is 9.10. The van der Waals surface area contributed by atoms with Crippen LogP contribution >= 0.6 is 15.9 Å². The lowest BCUT2D eigenvalue weighted by Gasteiger charge is -2.25. The standard InChI is InChI=1S/C21H34BrN3O4/c1-20(2,3)28-18(26)23-10-12-25(15-16-8-7-9-17(22)14-16)13-11-24-19(27)29-21(4,5)6/h7-9,14H,10-13,15H2,1-6H3,(H,23,26)(H,24,27). The first kappa shape index (κ1) is 25.2. The van der Waals surface area contributed by atoms with E-state index in [-0.39, 0.29) is 0 Å². The molecule has 0 aliphatic rings. The van der Waals surface area contributed by atoms with Crippen LogP contribution in [0.25, 0.3) is 0 Å². The topological polar surface area (TPSA) is 79.9 Å². The molecule has 0 aliphatic heterocycles. The third-order valence-electron chi connectivity index (χ3n) is 3.49. The number of carbonyl (C=O) groups is 2. The van der Waals surface area contributed by atoms with E-state index >= 15 is 0 Å². The maximum atomic E-state index is 11.8. The number of amides is 2. The largest absolute Gasteiger partial charge is 0.444 e. The van der Waals surface area contributed by atoms with E-state index in [1.165, 1.54) is 0 Å². The molecule has 0 fully saturated rings. The molecule has 0 aliphatic carbocycles. The van der Waals surface area contributed by atoms with Crippen molar-refractivity contribution in [2.75, 3.05) is 26.2 Å². The van der Waals surface area contributed by atoms with Crippen molar-refractivity contribution in [2.24, 2.45) is 0 Å². The molecule has 0 unspecified atom stereocenters. The number of carbonyl (C=O) groups excluding carboxylic acids is 2. The van der Waals surface area contributed by atoms with E-state index in [2.05, 4.69) is 37.5 Å². The highest BCUT2D eigenvalue weighted by Crippen LogP contribution is 2.13. The molecule has 2 amide bonds. The lowest BCUT2D eigenvalue weighted by molar-refractivity contribution is 0.0520. The predicted octanol–water partition coefficient (Wildman–Crippen LogP) is 4.30. The number of benzene rings is 1. The first-order valence-electron chi connectivity index (χ1n) is 9.74. The second kappa shape index (κ2) is 11.4. The fourth-order valence-corrected chi connectivity index (χ4v) is 2.87. The minimum Gasteiger partial charge on any atom is -0.444 e. The van der Waals surface area contributed by atoms with Gasteiger partial charge in [-0.3, -0.25) is 4.90 Å². The molecular formula is C21H34BrN3O4. The van der Waals surface area contributed by atoms with E-state index in [1.807, 2.05) is 59.7 Å². The quantitative estimate of drug-likeness (QED) is 0.590. The van der Waals surface area contributed by atoms with Crippen molar-refractivity contribution < 1.29 is 19.1 Å². The molecule has 29 heavy (non-hydrogen) atoms. The van der Waals surface area contributed by atoms with E-state index in [4.69, 9.17) is 9.47 Å². The van der Waals surface area contributed by atoms with Gasteiger partial charge < -0.3 is 20.1 Å². The van der Waals surface area contributed by atoms with Crippen molar-refractivity contribution in [3.05, 3.63) is 34.3 Å². The van der Waals surface area contributed by atoms with Crippen LogP contribution in [0.3, 0.4) is 0 Å². The second-order valence-corrected chi connectivity index (χ2v) is 9.68. The first-order chi connectivity index (χ1) is 13.3. The summed E-state index contributed by atoms with van der Waals surface area (Å²) in [7, 11) is 0. The summed E-state index contributed by atoms with van der Waals surface area (Å²) in [5.74, 6) is 0. The zero-order valence-corrected chi connectivity index (χ0v) is 19.9. The molecule has 0 bridgehead atoms. The molecule has 0 saturated carbocycles. The van der Waals surface area contributed by atoms with Crippen molar-refractivity contribution >= 4 is 28.1 Å². The average molecular weight is 472 g/mol. The van der Waals surface area contributed by atoms with Crippen LogP contribution < -0.4 is 10.6 Å². The smallest absolute Gasteiger partial charge is 0.407 e. The highest BCUT2D eigenvalue weighted by Gasteiger charge is 2.17. The van der Waals surface area contributed by atoms with Crippen LogP contribution in [0.2, 0.25) is 0 Å². The molecule has 0 heterocycles. The van der Waals surface area contributed by atoms with Gasteiger partial charge in [0.1, 0.15) is 11.2 Å². The van der Waals surface area contributed by atoms with Crippen molar-refractivity contribution in [3.63, 3.8) is 0 Å². The van der Waals surface area contributed by atoms with Crippen LogP contribution in [-0.4, -0.2) is 54.5 Å². The minimum atomic E-state index is -0.530. The van der Waals surface area contributed by atoms with Crippen LogP contribution in [0.1, 0.15) is 47.1 Å². The monoisotopic (exact) mass is 471 g/mol. The Morgan fingerprint density at radius 1 is 0.931 bits per heavy atom. The van der Waals surface area contributed by atoms with Gasteiger partial charge in [-0.15, -0.1) is 0 Å². The van der Waals surface area contributed by atoms with Gasteiger partial charge in [-0.25, -0.2) is 9.59 Å². The summed E-state index contributed by atoms with van der Waals surface area (Å²) in [6, 6.07) is 8.05. The molecule has 0 atom stereocenters. The fourth-order valence-electron chi connectivity index (χ4n) is 2.42. The molecule has 0 aromatic heterocycles. The second-order valence-electron chi connectivity index (χ2n) is 8.76. The summed E-state index contributed by atoms with van der Waals surface area (Å²) in [5, 5.41) is 5.55. The Hall–Kier alpha value is -1.80. The number of hydrogen-bond donors (Lipinski definition) is 2. The third-order valence-corrected chi connectivity index (χ3v) is 3.98. The van der Waals surface area contributed by atoms with Crippen molar-refractivity contribution in [1.82, 2.24) is 15.5 Å². The maximum Gasteiger partial charge on any atom is 0.407 e. The SMILES string of the molecule is CC(C)(C)OC(=O)NCCN(CCNC(=O)OC(C)(C)C)Cc1cccc(Br)c1. The van der Waals surface area contributed by atoms with Crippen LogP contribution in [0.4, 0.5) is 9.59 Å². The van der Waals surface area contributed by atoms with Crippen LogP contribution in [0.15, 0.2) is 28.7 Å². The molecule has 1 aromatic carbocycles. The summed E-state index contributed by atoms with van der Waals surface area (Å²) in [6.07, 6.45) is -0.876. The predicted molar refractivity (Wildman–Crippen MR) is 118 cm³/mol. The molecule has 1 aromatic rings. The molecule has 0 saturated heterocycles. The van der Waals surface area contributed by atoms with Gasteiger partial charge in [0, 0.05) is 37.2 Å². The first-order valence-corrected chi connectivity index (χ1v) is 10.5. The summed E-state index contributed by atoms with van der Waals surface area (Å²) >= 11 is 3.49. The highest BCUT2D eigenvalue weighted by atomic mass is 79.9. The summed E-state index contributed by atoms with van der Waals surface area (Å²) in [6.45, 7) is 13.8. The van der Waals surface area contributed by atoms with Crippen LogP contribution in [0.5, 0.6) is 0 Å². The van der Waals surface area contributed by atoms with Crippen LogP contribution in [0, 0.1) is 0 Å². The fraction of sp³-hybridized carbons (Fsp3) is 0.619. The van der Waals surface area contributed by atoms with E-state index in [0.717, 1.165) is 10.0 Å². The lowest BCUT2D eigenvalue weighted by Crippen LogP contribution is -2.41. The molecule has 0 radical (unpaired) electrons. The maximum absolute atomic E-state index is 11.8. The molecule has 7 nitrogen and oxygen atoms in total. The van der Waals surface area contributed by atoms with Crippen molar-refractivity contribution in [3.8, 4) is 0 Å². The van der Waals surface area contributed by atoms with Gasteiger partial charge in [0.05, 0.1) is 0 Å². The number of rotatable bonds is 8. The van der Waals surface area contributed by atoms with Gasteiger partial charge >= 0.3 is 12.2 Å². The molecule has 2 N–H and O–H groups in total. The third kappa shape index (κ3) is 13.1. The summed E-state index contributed by atoms with van der Waals surface area (Å²) in [5.41, 5.74) is 0.0726. The molecular weight excluding hydrogens is 438 g/mol. The van der Waals surface area contributed by atoms with Gasteiger partial charge in [-0.05, 0) is 59.2 Å². The Balaban J connectivity index is 2.57. The van der Waals surface area contributed by atoms with Gasteiger partial charge in [0.2, 0.25) is 0 Å². The summed E-state index contributed by atoms with van der Waals surface area (Å²) in [4.78, 5) is 25.8. The Kier molecular flexibility index (Phi) is 9.92. The Labute approximate surface area is 182 Å². The van der Waals surface area contributed by atoms with E-state index in [1.54, 1.807) is 0 Å². The van der Waals surface area contributed by atoms with E-state index in [0.29, 0.717) is 32.7 Å². The number of halogens is 1. The lowest BCUT2D eigenvalue weighted by atomic mass is 10.2. The minimum absolute atomic E-state index is 0.438. The number of ether oxygens (including phenoxy) is 2. The van der Waals surface area contributed by atoms with Gasteiger partial charge in [-0.2, -0.15) is 0 Å². The van der Waals surface area contributed by atoms with E-state index < -0.39 is 23.4 Å². The average Bonchev–Trinajstić information content (AvgIpc) is 2.51. The Bertz CT molecular complexity index is 635. The molecule has 0 spiro atoms. The summed E-state index contributed by atoms with van der Waals surface area (Å²) < 4.78 is 11.5. The number of nitrogens with one attached hydrogen (secondary N) is 2. The van der Waals surface area contributed by atoms with Gasteiger partial charge in [0.25, 0.3) is 0 Å². The van der Waals surface area contributed by atoms with Crippen molar-refractivity contribution in [2.45, 2.75) is 59.3 Å².